The fourth-order valence-electron chi connectivity index (χ4n) is 1.48. The second-order valence-corrected chi connectivity index (χ2v) is 5.64. The third kappa shape index (κ3) is 3.73. The van der Waals surface area contributed by atoms with Gasteiger partial charge in [-0.05, 0) is 12.1 Å². The van der Waals surface area contributed by atoms with E-state index in [1.807, 2.05) is 5.32 Å². The van der Waals surface area contributed by atoms with Crippen LogP contribution in [0, 0.1) is 10.1 Å². The monoisotopic (exact) mass is 359 g/mol. The molecule has 10 heteroatoms. The van der Waals surface area contributed by atoms with Gasteiger partial charge >= 0.3 is 11.0 Å². The SMILES string of the molecule is O=C(NC(=O)c1csc([N+](=O)[O-])c1)Nc1c(Cl)cccc1Cl. The third-order valence-corrected chi connectivity index (χ3v) is 3.97. The van der Waals surface area contributed by atoms with E-state index in [2.05, 4.69) is 5.32 Å². The van der Waals surface area contributed by atoms with Crippen molar-refractivity contribution in [1.29, 1.82) is 0 Å². The van der Waals surface area contributed by atoms with Crippen LogP contribution in [0.1, 0.15) is 10.4 Å². The molecule has 1 aromatic heterocycles. The van der Waals surface area contributed by atoms with Gasteiger partial charge in [-0.2, -0.15) is 0 Å². The Balaban J connectivity index is 2.05. The van der Waals surface area contributed by atoms with Crippen LogP contribution < -0.4 is 10.6 Å². The number of imide groups is 1. The Bertz CT molecular complexity index is 742. The first kappa shape index (κ1) is 16.2. The average molecular weight is 360 g/mol. The van der Waals surface area contributed by atoms with Crippen molar-refractivity contribution in [2.24, 2.45) is 0 Å². The molecule has 0 bridgehead atoms. The van der Waals surface area contributed by atoms with Crippen molar-refractivity contribution in [3.05, 3.63) is 55.4 Å². The summed E-state index contributed by atoms with van der Waals surface area (Å²) >= 11 is 12.5. The Labute approximate surface area is 138 Å². The molecule has 0 saturated heterocycles. The van der Waals surface area contributed by atoms with E-state index in [1.165, 1.54) is 17.5 Å². The van der Waals surface area contributed by atoms with Crippen molar-refractivity contribution >= 4 is 57.2 Å². The van der Waals surface area contributed by atoms with E-state index < -0.39 is 16.9 Å². The van der Waals surface area contributed by atoms with E-state index in [0.29, 0.717) is 0 Å². The maximum Gasteiger partial charge on any atom is 0.326 e. The summed E-state index contributed by atoms with van der Waals surface area (Å²) < 4.78 is 0. The van der Waals surface area contributed by atoms with E-state index in [4.69, 9.17) is 23.2 Å². The molecular formula is C12H7Cl2N3O4S. The molecule has 0 aliphatic heterocycles. The van der Waals surface area contributed by atoms with Gasteiger partial charge in [0.15, 0.2) is 0 Å². The first-order valence-corrected chi connectivity index (χ1v) is 7.31. The van der Waals surface area contributed by atoms with Gasteiger partial charge in [-0.15, -0.1) is 0 Å². The van der Waals surface area contributed by atoms with Crippen molar-refractivity contribution in [2.75, 3.05) is 5.32 Å². The number of nitro groups is 1. The number of carbonyl (C=O) groups is 2. The number of rotatable bonds is 3. The summed E-state index contributed by atoms with van der Waals surface area (Å²) in [6.45, 7) is 0. The highest BCUT2D eigenvalue weighted by molar-refractivity contribution is 7.13. The molecule has 0 unspecified atom stereocenters. The minimum Gasteiger partial charge on any atom is -0.305 e. The van der Waals surface area contributed by atoms with Crippen molar-refractivity contribution < 1.29 is 14.5 Å². The van der Waals surface area contributed by atoms with Crippen LogP contribution in [0.4, 0.5) is 15.5 Å². The molecule has 7 nitrogen and oxygen atoms in total. The minimum absolute atomic E-state index is 0.0112. The summed E-state index contributed by atoms with van der Waals surface area (Å²) in [5.74, 6) is -0.773. The van der Waals surface area contributed by atoms with Crippen LogP contribution in [0.3, 0.4) is 0 Å². The van der Waals surface area contributed by atoms with Gasteiger partial charge in [-0.25, -0.2) is 4.79 Å². The number of halogens is 2. The highest BCUT2D eigenvalue weighted by atomic mass is 35.5. The number of thiophene rings is 1. The number of para-hydroxylation sites is 1. The largest absolute Gasteiger partial charge is 0.326 e. The van der Waals surface area contributed by atoms with Crippen LogP contribution >= 0.6 is 34.5 Å². The van der Waals surface area contributed by atoms with Crippen LogP contribution in [0.25, 0.3) is 0 Å². The normalized spacial score (nSPS) is 10.1. The van der Waals surface area contributed by atoms with Gasteiger partial charge in [0.2, 0.25) is 0 Å². The lowest BCUT2D eigenvalue weighted by Gasteiger charge is -2.09. The Morgan fingerprint density at radius 2 is 1.86 bits per heavy atom. The van der Waals surface area contributed by atoms with E-state index in [-0.39, 0.29) is 26.3 Å². The van der Waals surface area contributed by atoms with Gasteiger partial charge < -0.3 is 5.32 Å². The minimum atomic E-state index is -0.853. The number of nitrogens with zero attached hydrogens (tertiary/aromatic N) is 1. The molecule has 2 N–H and O–H groups in total. The second kappa shape index (κ2) is 6.73. The number of anilines is 1. The third-order valence-electron chi connectivity index (χ3n) is 2.46. The number of benzene rings is 1. The number of urea groups is 1. The lowest BCUT2D eigenvalue weighted by atomic mass is 10.3. The number of hydrogen-bond acceptors (Lipinski definition) is 5. The summed E-state index contributed by atoms with van der Waals surface area (Å²) in [6.07, 6.45) is 0. The Morgan fingerprint density at radius 3 is 2.41 bits per heavy atom. The van der Waals surface area contributed by atoms with Crippen LogP contribution in [0.15, 0.2) is 29.6 Å². The fraction of sp³-hybridized carbons (Fsp3) is 0. The molecule has 3 amide bonds. The zero-order valence-corrected chi connectivity index (χ0v) is 13.0. The smallest absolute Gasteiger partial charge is 0.305 e. The molecule has 0 atom stereocenters. The van der Waals surface area contributed by atoms with Gasteiger partial charge in [-0.3, -0.25) is 20.2 Å². The average Bonchev–Trinajstić information content (AvgIpc) is 2.93. The first-order valence-electron chi connectivity index (χ1n) is 5.67. The lowest BCUT2D eigenvalue weighted by molar-refractivity contribution is -0.380. The zero-order chi connectivity index (χ0) is 16.3. The maximum absolute atomic E-state index is 11.8. The predicted molar refractivity (Wildman–Crippen MR) is 83.9 cm³/mol. The van der Waals surface area contributed by atoms with Crippen LogP contribution in [0.2, 0.25) is 10.0 Å². The first-order chi connectivity index (χ1) is 10.4. The number of nitrogens with one attached hydrogen (secondary N) is 2. The van der Waals surface area contributed by atoms with E-state index in [1.54, 1.807) is 6.07 Å². The van der Waals surface area contributed by atoms with Gasteiger partial charge in [0, 0.05) is 11.4 Å². The summed E-state index contributed by atoms with van der Waals surface area (Å²) in [7, 11) is 0. The number of amides is 3. The van der Waals surface area contributed by atoms with Gasteiger partial charge in [0.25, 0.3) is 5.91 Å². The topological polar surface area (TPSA) is 101 Å². The van der Waals surface area contributed by atoms with Crippen LogP contribution in [-0.4, -0.2) is 16.9 Å². The second-order valence-electron chi connectivity index (χ2n) is 3.94. The van der Waals surface area contributed by atoms with E-state index in [9.17, 15) is 19.7 Å². The molecule has 2 rings (SSSR count). The Hall–Kier alpha value is -2.16. The molecule has 114 valence electrons. The molecule has 22 heavy (non-hydrogen) atoms. The molecule has 1 aromatic carbocycles. The van der Waals surface area contributed by atoms with Crippen LogP contribution in [-0.2, 0) is 0 Å². The van der Waals surface area contributed by atoms with Gasteiger partial charge in [-0.1, -0.05) is 40.6 Å². The predicted octanol–water partition coefficient (Wildman–Crippen LogP) is 3.93. The maximum atomic E-state index is 11.8. The fourth-order valence-corrected chi connectivity index (χ4v) is 2.67. The summed E-state index contributed by atoms with van der Waals surface area (Å²) in [4.78, 5) is 33.5. The lowest BCUT2D eigenvalue weighted by Crippen LogP contribution is -2.34. The Kier molecular flexibility index (Phi) is 4.96. The molecular weight excluding hydrogens is 353 g/mol. The highest BCUT2D eigenvalue weighted by Gasteiger charge is 2.18. The molecule has 0 saturated carbocycles. The molecule has 0 aliphatic carbocycles. The van der Waals surface area contributed by atoms with Crippen molar-refractivity contribution in [1.82, 2.24) is 5.32 Å². The van der Waals surface area contributed by atoms with Gasteiger partial charge in [0.1, 0.15) is 0 Å². The highest BCUT2D eigenvalue weighted by Crippen LogP contribution is 2.29. The quantitative estimate of drug-likeness (QED) is 0.640. The summed E-state index contributed by atoms with van der Waals surface area (Å²) in [6, 6.07) is 4.87. The van der Waals surface area contributed by atoms with Gasteiger partial charge in [0.05, 0.1) is 26.2 Å². The van der Waals surface area contributed by atoms with E-state index in [0.717, 1.165) is 17.4 Å². The molecule has 0 radical (unpaired) electrons. The number of carbonyl (C=O) groups excluding carboxylic acids is 2. The van der Waals surface area contributed by atoms with Crippen molar-refractivity contribution in [2.45, 2.75) is 0 Å². The molecule has 0 aliphatic rings. The van der Waals surface area contributed by atoms with Crippen molar-refractivity contribution in [3.8, 4) is 0 Å². The molecule has 2 aromatic rings. The zero-order valence-electron chi connectivity index (χ0n) is 10.6. The van der Waals surface area contributed by atoms with E-state index >= 15 is 0 Å². The van der Waals surface area contributed by atoms with Crippen molar-refractivity contribution in [3.63, 3.8) is 0 Å². The number of hydrogen-bond donors (Lipinski definition) is 2. The summed E-state index contributed by atoms with van der Waals surface area (Å²) in [5, 5.41) is 16.4. The molecule has 0 fully saturated rings. The van der Waals surface area contributed by atoms with Crippen LogP contribution in [0.5, 0.6) is 0 Å². The standard InChI is InChI=1S/C12H7Cl2N3O4S/c13-7-2-1-3-8(14)10(7)15-12(19)16-11(18)6-4-9(17(20)21)22-5-6/h1-5H,(H2,15,16,18,19). The summed E-state index contributed by atoms with van der Waals surface area (Å²) in [5.41, 5.74) is 0.171. The Morgan fingerprint density at radius 1 is 1.23 bits per heavy atom. The molecule has 1 heterocycles. The molecule has 0 spiro atoms.